The molecule has 1 spiro atoms. The Morgan fingerprint density at radius 1 is 1.18 bits per heavy atom. The van der Waals surface area contributed by atoms with Gasteiger partial charge in [0.2, 0.25) is 11.9 Å². The van der Waals surface area contributed by atoms with Gasteiger partial charge in [0.05, 0.1) is 17.0 Å². The molecule has 4 N–H and O–H groups in total. The van der Waals surface area contributed by atoms with E-state index in [1.54, 1.807) is 12.1 Å². The summed E-state index contributed by atoms with van der Waals surface area (Å²) in [7, 11) is 0. The smallest absolute Gasteiger partial charge is 0.256 e. The zero-order valence-electron chi connectivity index (χ0n) is 21.0. The summed E-state index contributed by atoms with van der Waals surface area (Å²) in [4.78, 5) is 40.5. The van der Waals surface area contributed by atoms with E-state index < -0.39 is 11.7 Å². The number of amidine groups is 1. The van der Waals surface area contributed by atoms with Gasteiger partial charge in [-0.3, -0.25) is 19.1 Å². The minimum Gasteiger partial charge on any atom is -0.382 e. The maximum absolute atomic E-state index is 15.6. The summed E-state index contributed by atoms with van der Waals surface area (Å²) in [6.07, 6.45) is 7.38. The number of nitrogens with one attached hydrogen (secondary N) is 2. The molecule has 0 unspecified atom stereocenters. The van der Waals surface area contributed by atoms with Crippen molar-refractivity contribution < 1.29 is 14.0 Å². The molecule has 2 fully saturated rings. The number of carbonyl (C=O) groups is 2. The molecule has 200 valence electrons. The van der Waals surface area contributed by atoms with E-state index in [4.69, 9.17) is 22.3 Å². The van der Waals surface area contributed by atoms with Crippen molar-refractivity contribution in [2.45, 2.75) is 19.3 Å². The van der Waals surface area contributed by atoms with Crippen LogP contribution >= 0.6 is 11.6 Å². The third kappa shape index (κ3) is 4.52. The second-order valence-electron chi connectivity index (χ2n) is 9.87. The lowest BCUT2D eigenvalue weighted by molar-refractivity contribution is -0.128. The molecule has 12 heteroatoms. The van der Waals surface area contributed by atoms with E-state index in [1.165, 1.54) is 18.3 Å². The average molecular weight is 549 g/mol. The lowest BCUT2D eigenvalue weighted by atomic mass is 9.77. The van der Waals surface area contributed by atoms with Crippen LogP contribution in [0, 0.1) is 11.2 Å². The van der Waals surface area contributed by atoms with Gasteiger partial charge >= 0.3 is 0 Å². The molecule has 10 nitrogen and oxygen atoms in total. The quantitative estimate of drug-likeness (QED) is 0.458. The summed E-state index contributed by atoms with van der Waals surface area (Å²) in [5.41, 5.74) is 7.15. The number of amides is 2. The first-order valence-electron chi connectivity index (χ1n) is 12.7. The van der Waals surface area contributed by atoms with E-state index in [1.807, 2.05) is 16.8 Å². The second-order valence-corrected chi connectivity index (χ2v) is 10.3. The lowest BCUT2D eigenvalue weighted by Crippen LogP contribution is -2.44. The number of pyridine rings is 1. The number of halogens is 2. The van der Waals surface area contributed by atoms with Gasteiger partial charge in [-0.2, -0.15) is 0 Å². The van der Waals surface area contributed by atoms with Crippen molar-refractivity contribution in [2.75, 3.05) is 36.4 Å². The van der Waals surface area contributed by atoms with Gasteiger partial charge in [-0.1, -0.05) is 11.6 Å². The number of aliphatic imine (C=N–C) groups is 1. The maximum atomic E-state index is 15.6. The zero-order chi connectivity index (χ0) is 27.1. The number of nitrogens with zero attached hydrogens (tertiary/aromatic N) is 5. The Balaban J connectivity index is 1.32. The molecule has 2 amide bonds. The number of hydrogen-bond donors (Lipinski definition) is 3. The van der Waals surface area contributed by atoms with Crippen molar-refractivity contribution >= 4 is 47.2 Å². The summed E-state index contributed by atoms with van der Waals surface area (Å²) < 4.78 is 17.4. The van der Waals surface area contributed by atoms with Crippen molar-refractivity contribution in [3.63, 3.8) is 0 Å². The highest BCUT2D eigenvalue weighted by molar-refractivity contribution is 6.30. The molecule has 0 saturated carbocycles. The van der Waals surface area contributed by atoms with Crippen LogP contribution in [0.15, 0.2) is 47.6 Å². The van der Waals surface area contributed by atoms with Crippen LogP contribution in [0.5, 0.6) is 0 Å². The van der Waals surface area contributed by atoms with Crippen LogP contribution in [0.1, 0.15) is 35.3 Å². The molecule has 3 aromatic rings. The molecule has 2 aromatic heterocycles. The van der Waals surface area contributed by atoms with Crippen molar-refractivity contribution in [2.24, 2.45) is 16.1 Å². The normalized spacial score (nSPS) is 17.9. The first kappa shape index (κ1) is 25.1. The van der Waals surface area contributed by atoms with E-state index in [9.17, 15) is 9.59 Å². The number of fused-ring (bicyclic) bond motifs is 1. The third-order valence-electron chi connectivity index (χ3n) is 7.59. The largest absolute Gasteiger partial charge is 0.382 e. The molecular formula is C27H26ClFN8O2. The van der Waals surface area contributed by atoms with Crippen molar-refractivity contribution in [3.05, 3.63) is 64.7 Å². The van der Waals surface area contributed by atoms with Crippen molar-refractivity contribution in [3.8, 4) is 11.3 Å². The monoisotopic (exact) mass is 548 g/mol. The van der Waals surface area contributed by atoms with Gasteiger partial charge in [0, 0.05) is 43.2 Å². The summed E-state index contributed by atoms with van der Waals surface area (Å²) >= 11 is 5.84. The van der Waals surface area contributed by atoms with Crippen LogP contribution in [0.25, 0.3) is 17.5 Å². The van der Waals surface area contributed by atoms with Gasteiger partial charge in [0.15, 0.2) is 0 Å². The number of aromatic nitrogens is 3. The number of rotatable bonds is 4. The predicted octanol–water partition coefficient (Wildman–Crippen LogP) is 3.29. The van der Waals surface area contributed by atoms with Gasteiger partial charge in [-0.15, -0.1) is 0 Å². The minimum atomic E-state index is -0.625. The Labute approximate surface area is 228 Å². The number of piperidine rings is 1. The maximum Gasteiger partial charge on any atom is 0.256 e. The van der Waals surface area contributed by atoms with E-state index in [2.05, 4.69) is 25.5 Å². The number of hydrogen-bond acceptors (Lipinski definition) is 7. The van der Waals surface area contributed by atoms with Crippen molar-refractivity contribution in [1.82, 2.24) is 19.9 Å². The molecule has 0 radical (unpaired) electrons. The summed E-state index contributed by atoms with van der Waals surface area (Å²) in [6.45, 7) is 2.36. The summed E-state index contributed by atoms with van der Waals surface area (Å²) in [5.74, 6) is 0.139. The molecule has 3 aliphatic rings. The van der Waals surface area contributed by atoms with E-state index in [0.29, 0.717) is 67.2 Å². The number of carbonyl (C=O) groups excluding carboxylic acids is 2. The van der Waals surface area contributed by atoms with Crippen LogP contribution in [0.4, 0.5) is 16.2 Å². The molecular weight excluding hydrogens is 523 g/mol. The summed E-state index contributed by atoms with van der Waals surface area (Å²) in [6, 6.07) is 7.36. The van der Waals surface area contributed by atoms with Crippen LogP contribution in [-0.4, -0.2) is 58.4 Å². The molecule has 39 heavy (non-hydrogen) atoms. The first-order chi connectivity index (χ1) is 18.8. The fourth-order valence-electron chi connectivity index (χ4n) is 5.41. The Kier molecular flexibility index (Phi) is 6.30. The molecule has 3 aliphatic heterocycles. The highest BCUT2D eigenvalue weighted by Gasteiger charge is 2.45. The van der Waals surface area contributed by atoms with E-state index in [0.717, 1.165) is 12.5 Å². The molecule has 6 rings (SSSR count). The highest BCUT2D eigenvalue weighted by atomic mass is 35.5. The van der Waals surface area contributed by atoms with E-state index >= 15 is 4.39 Å². The Bertz CT molecular complexity index is 1520. The molecule has 0 atom stereocenters. The SMILES string of the molecule is NC1=NCC=Cn2c(N3CCC4(CCNC4=O)CC3)nc(-c3ccc(C(=O)Nc4ccc(Cl)cn4)cc3F)c21. The molecule has 2 saturated heterocycles. The fraction of sp³-hybridized carbons (Fsp3) is 0.296. The van der Waals surface area contributed by atoms with Crippen LogP contribution < -0.4 is 21.3 Å². The number of benzene rings is 1. The van der Waals surface area contributed by atoms with Gasteiger partial charge in [0.25, 0.3) is 5.91 Å². The van der Waals surface area contributed by atoms with Crippen LogP contribution in [0.2, 0.25) is 5.02 Å². The zero-order valence-corrected chi connectivity index (χ0v) is 21.7. The summed E-state index contributed by atoms with van der Waals surface area (Å²) in [5, 5.41) is 6.03. The second kappa shape index (κ2) is 9.81. The van der Waals surface area contributed by atoms with Crippen molar-refractivity contribution in [1.29, 1.82) is 0 Å². The molecule has 5 heterocycles. The topological polar surface area (TPSA) is 131 Å². The standard InChI is InChI=1S/C27H26ClFN8O2/c28-17-3-5-20(33-15-17)34-24(38)16-2-4-18(19(29)14-16)21-22-23(30)31-9-1-11-37(22)26(35-21)36-12-7-27(8-13-36)6-10-32-25(27)39/h1-5,11,14-15H,6-10,12-13H2,(H2,30,31)(H,32,39)(H,33,34,38). The average Bonchev–Trinajstić information content (AvgIpc) is 3.41. The highest BCUT2D eigenvalue weighted by Crippen LogP contribution is 2.40. The van der Waals surface area contributed by atoms with Gasteiger partial charge < -0.3 is 21.3 Å². The fourth-order valence-corrected chi connectivity index (χ4v) is 5.52. The Hall–Kier alpha value is -4.25. The first-order valence-corrected chi connectivity index (χ1v) is 13.1. The van der Waals surface area contributed by atoms with Gasteiger partial charge in [0.1, 0.15) is 28.9 Å². The number of nitrogens with two attached hydrogens (primary N) is 1. The van der Waals surface area contributed by atoms with Crippen LogP contribution in [-0.2, 0) is 4.79 Å². The minimum absolute atomic E-state index is 0.122. The van der Waals surface area contributed by atoms with E-state index in [-0.39, 0.29) is 28.3 Å². The predicted molar refractivity (Wildman–Crippen MR) is 147 cm³/mol. The Morgan fingerprint density at radius 2 is 2.00 bits per heavy atom. The molecule has 0 bridgehead atoms. The molecule has 1 aromatic carbocycles. The van der Waals surface area contributed by atoms with Gasteiger partial charge in [-0.25, -0.2) is 14.4 Å². The number of imidazole rings is 1. The van der Waals surface area contributed by atoms with Crippen LogP contribution in [0.3, 0.4) is 0 Å². The Morgan fingerprint density at radius 3 is 2.69 bits per heavy atom. The lowest BCUT2D eigenvalue weighted by Gasteiger charge is -2.37. The molecule has 0 aliphatic carbocycles. The van der Waals surface area contributed by atoms with Gasteiger partial charge in [-0.05, 0) is 55.7 Å². The number of anilines is 2. The third-order valence-corrected chi connectivity index (χ3v) is 7.81.